The molecule has 4 heterocycles. The van der Waals surface area contributed by atoms with Crippen LogP contribution in [-0.4, -0.2) is 55.1 Å². The number of fused-ring (bicyclic) bond motifs is 1. The zero-order valence-electron chi connectivity index (χ0n) is 13.6. The molecule has 0 bridgehead atoms. The van der Waals surface area contributed by atoms with Crippen molar-refractivity contribution in [2.24, 2.45) is 0 Å². The van der Waals surface area contributed by atoms with Gasteiger partial charge in [0.2, 0.25) is 5.91 Å². The van der Waals surface area contributed by atoms with Crippen LogP contribution >= 0.6 is 22.7 Å². The van der Waals surface area contributed by atoms with Crippen LogP contribution in [0.1, 0.15) is 27.8 Å². The van der Waals surface area contributed by atoms with Crippen molar-refractivity contribution in [3.63, 3.8) is 0 Å². The maximum Gasteiger partial charge on any atom is 0.224 e. The molecular weight excluding hydrogens is 340 g/mol. The number of hydrogen-bond donors (Lipinski definition) is 0. The van der Waals surface area contributed by atoms with Crippen molar-refractivity contribution >= 4 is 28.6 Å². The average Bonchev–Trinajstić information content (AvgIpc) is 3.31. The monoisotopic (exact) mass is 362 g/mol. The first-order valence-electron chi connectivity index (χ1n) is 8.52. The number of carbonyl (C=O) groups is 1. The Hall–Kier alpha value is -1.21. The maximum absolute atomic E-state index is 12.5. The predicted octanol–water partition coefficient (Wildman–Crippen LogP) is 3.01. The molecule has 1 saturated heterocycles. The summed E-state index contributed by atoms with van der Waals surface area (Å²) in [6.45, 7) is 4.68. The Bertz CT molecular complexity index is 677. The van der Waals surface area contributed by atoms with Crippen molar-refractivity contribution in [2.75, 3.05) is 39.4 Å². The molecule has 1 fully saturated rings. The molecule has 0 unspecified atom stereocenters. The van der Waals surface area contributed by atoms with Gasteiger partial charge < -0.3 is 9.64 Å². The van der Waals surface area contributed by atoms with Gasteiger partial charge in [-0.1, -0.05) is 6.07 Å². The summed E-state index contributed by atoms with van der Waals surface area (Å²) in [6, 6.07) is 6.93. The van der Waals surface area contributed by atoms with Crippen LogP contribution in [0.4, 0.5) is 0 Å². The molecule has 0 saturated carbocycles. The third-order valence-corrected chi connectivity index (χ3v) is 6.78. The third-order valence-electron chi connectivity index (χ3n) is 4.86. The Morgan fingerprint density at radius 3 is 2.83 bits per heavy atom. The standard InChI is InChI=1S/C18H22N2O2S2/c21-17(19-8-10-22-11-9-19)4-7-20-6-3-15-14(5-13-24-15)18(20)16-2-1-12-23-16/h1-2,5,12-13,18H,3-4,6-11H2/t18-/m1/s1. The Labute approximate surface area is 150 Å². The lowest BCUT2D eigenvalue weighted by atomic mass is 9.98. The van der Waals surface area contributed by atoms with E-state index in [1.807, 2.05) is 27.6 Å². The van der Waals surface area contributed by atoms with E-state index in [9.17, 15) is 4.79 Å². The molecule has 2 aliphatic rings. The summed E-state index contributed by atoms with van der Waals surface area (Å²) in [4.78, 5) is 19.8. The highest BCUT2D eigenvalue weighted by Gasteiger charge is 2.30. The number of carbonyl (C=O) groups excluding carboxylic acids is 1. The molecule has 2 aromatic heterocycles. The van der Waals surface area contributed by atoms with Gasteiger partial charge in [0.25, 0.3) is 0 Å². The van der Waals surface area contributed by atoms with E-state index in [2.05, 4.69) is 33.9 Å². The van der Waals surface area contributed by atoms with Crippen LogP contribution in [0.25, 0.3) is 0 Å². The van der Waals surface area contributed by atoms with Gasteiger partial charge in [0.05, 0.1) is 19.3 Å². The molecule has 0 radical (unpaired) electrons. The second-order valence-electron chi connectivity index (χ2n) is 6.25. The smallest absolute Gasteiger partial charge is 0.224 e. The minimum Gasteiger partial charge on any atom is -0.378 e. The molecule has 2 aromatic rings. The van der Waals surface area contributed by atoms with Crippen molar-refractivity contribution in [3.05, 3.63) is 44.3 Å². The van der Waals surface area contributed by atoms with E-state index in [0.717, 1.165) is 32.6 Å². The highest BCUT2D eigenvalue weighted by atomic mass is 32.1. The lowest BCUT2D eigenvalue weighted by Gasteiger charge is -2.36. The van der Waals surface area contributed by atoms with Crippen LogP contribution in [0.3, 0.4) is 0 Å². The molecule has 0 aromatic carbocycles. The Morgan fingerprint density at radius 1 is 1.17 bits per heavy atom. The number of amides is 1. The zero-order chi connectivity index (χ0) is 16.4. The second kappa shape index (κ2) is 7.35. The van der Waals surface area contributed by atoms with Crippen LogP contribution in [0.2, 0.25) is 0 Å². The number of morpholine rings is 1. The van der Waals surface area contributed by atoms with E-state index in [0.29, 0.717) is 25.7 Å². The van der Waals surface area contributed by atoms with Gasteiger partial charge in [0.1, 0.15) is 0 Å². The average molecular weight is 363 g/mol. The van der Waals surface area contributed by atoms with Crippen LogP contribution in [-0.2, 0) is 16.0 Å². The van der Waals surface area contributed by atoms with Gasteiger partial charge in [-0.05, 0) is 34.9 Å². The topological polar surface area (TPSA) is 32.8 Å². The van der Waals surface area contributed by atoms with E-state index in [1.165, 1.54) is 15.3 Å². The highest BCUT2D eigenvalue weighted by molar-refractivity contribution is 7.10. The van der Waals surface area contributed by atoms with E-state index in [4.69, 9.17) is 4.74 Å². The summed E-state index contributed by atoms with van der Waals surface area (Å²) < 4.78 is 5.34. The summed E-state index contributed by atoms with van der Waals surface area (Å²) in [5.74, 6) is 0.263. The van der Waals surface area contributed by atoms with Gasteiger partial charge in [0.15, 0.2) is 0 Å². The molecule has 1 amide bonds. The van der Waals surface area contributed by atoms with E-state index in [-0.39, 0.29) is 5.91 Å². The molecule has 0 spiro atoms. The number of nitrogens with zero attached hydrogens (tertiary/aromatic N) is 2. The molecule has 0 N–H and O–H groups in total. The van der Waals surface area contributed by atoms with Gasteiger partial charge in [-0.2, -0.15) is 0 Å². The third kappa shape index (κ3) is 3.28. The number of rotatable bonds is 4. The SMILES string of the molecule is O=C(CCN1CCc2sccc2[C@@H]1c1cccs1)N1CCOCC1. The quantitative estimate of drug-likeness (QED) is 0.838. The minimum atomic E-state index is 0.263. The number of hydrogen-bond acceptors (Lipinski definition) is 5. The summed E-state index contributed by atoms with van der Waals surface area (Å²) in [7, 11) is 0. The fourth-order valence-electron chi connectivity index (χ4n) is 3.60. The fourth-order valence-corrected chi connectivity index (χ4v) is 5.38. The molecule has 6 heteroatoms. The maximum atomic E-state index is 12.5. The number of thiophene rings is 2. The van der Waals surface area contributed by atoms with Crippen molar-refractivity contribution in [1.29, 1.82) is 0 Å². The second-order valence-corrected chi connectivity index (χ2v) is 8.23. The summed E-state index contributed by atoms with van der Waals surface area (Å²) in [5.41, 5.74) is 1.44. The molecule has 24 heavy (non-hydrogen) atoms. The Kier molecular flexibility index (Phi) is 4.98. The first-order chi connectivity index (χ1) is 11.8. The minimum absolute atomic E-state index is 0.263. The highest BCUT2D eigenvalue weighted by Crippen LogP contribution is 2.39. The zero-order valence-corrected chi connectivity index (χ0v) is 15.3. The van der Waals surface area contributed by atoms with Gasteiger partial charge >= 0.3 is 0 Å². The van der Waals surface area contributed by atoms with Crippen LogP contribution in [0.5, 0.6) is 0 Å². The molecule has 128 valence electrons. The van der Waals surface area contributed by atoms with E-state index in [1.54, 1.807) is 0 Å². The van der Waals surface area contributed by atoms with Gasteiger partial charge in [-0.15, -0.1) is 22.7 Å². The molecular formula is C18H22N2O2S2. The van der Waals surface area contributed by atoms with Gasteiger partial charge in [-0.25, -0.2) is 0 Å². The Morgan fingerprint density at radius 2 is 2.04 bits per heavy atom. The summed E-state index contributed by atoms with van der Waals surface area (Å²) in [6.07, 6.45) is 1.70. The van der Waals surface area contributed by atoms with Gasteiger partial charge in [0, 0.05) is 42.4 Å². The normalized spacial score (nSPS) is 21.7. The molecule has 2 aliphatic heterocycles. The summed E-state index contributed by atoms with van der Waals surface area (Å²) in [5, 5.41) is 4.35. The molecule has 4 nitrogen and oxygen atoms in total. The van der Waals surface area contributed by atoms with Crippen molar-refractivity contribution in [3.8, 4) is 0 Å². The van der Waals surface area contributed by atoms with Crippen molar-refractivity contribution in [1.82, 2.24) is 9.80 Å². The molecule has 4 rings (SSSR count). The van der Waals surface area contributed by atoms with Crippen molar-refractivity contribution < 1.29 is 9.53 Å². The molecule has 1 atom stereocenters. The van der Waals surface area contributed by atoms with Crippen molar-refractivity contribution in [2.45, 2.75) is 18.9 Å². The van der Waals surface area contributed by atoms with Gasteiger partial charge in [-0.3, -0.25) is 9.69 Å². The first-order valence-corrected chi connectivity index (χ1v) is 10.3. The Balaban J connectivity index is 1.46. The number of ether oxygens (including phenoxy) is 1. The lowest BCUT2D eigenvalue weighted by molar-refractivity contribution is -0.135. The fraction of sp³-hybridized carbons (Fsp3) is 0.500. The van der Waals surface area contributed by atoms with Crippen LogP contribution < -0.4 is 0 Å². The predicted molar refractivity (Wildman–Crippen MR) is 97.8 cm³/mol. The van der Waals surface area contributed by atoms with Crippen LogP contribution in [0, 0.1) is 0 Å². The largest absolute Gasteiger partial charge is 0.378 e. The first kappa shape index (κ1) is 16.3. The molecule has 0 aliphatic carbocycles. The van der Waals surface area contributed by atoms with Crippen LogP contribution in [0.15, 0.2) is 29.0 Å². The van der Waals surface area contributed by atoms with E-state index < -0.39 is 0 Å². The summed E-state index contributed by atoms with van der Waals surface area (Å²) >= 11 is 3.68. The van der Waals surface area contributed by atoms with E-state index >= 15 is 0 Å². The lowest BCUT2D eigenvalue weighted by Crippen LogP contribution is -2.43.